The van der Waals surface area contributed by atoms with Gasteiger partial charge in [0.15, 0.2) is 0 Å². The molecule has 0 aromatic rings. The van der Waals surface area contributed by atoms with Crippen LogP contribution in [0.15, 0.2) is 12.2 Å². The Balaban J connectivity index is 2.52. The lowest BCUT2D eigenvalue weighted by Crippen LogP contribution is -2.22. The van der Waals surface area contributed by atoms with Gasteiger partial charge in [-0.3, -0.25) is 0 Å². The molecule has 0 heterocycles. The van der Waals surface area contributed by atoms with Crippen LogP contribution in [0.25, 0.3) is 0 Å². The molecule has 1 aliphatic carbocycles. The van der Waals surface area contributed by atoms with Crippen LogP contribution in [0.3, 0.4) is 0 Å². The van der Waals surface area contributed by atoms with Crippen LogP contribution < -0.4 is 0 Å². The van der Waals surface area contributed by atoms with Gasteiger partial charge in [0.1, 0.15) is 0 Å². The van der Waals surface area contributed by atoms with E-state index in [2.05, 4.69) is 46.8 Å². The third kappa shape index (κ3) is 5.27. The zero-order valence-corrected chi connectivity index (χ0v) is 12.6. The molecule has 0 aromatic carbocycles. The molecule has 0 heteroatoms. The fraction of sp³-hybridized carbons (Fsp3) is 0.882. The van der Waals surface area contributed by atoms with Crippen molar-refractivity contribution in [3.8, 4) is 0 Å². The smallest absolute Gasteiger partial charge is 0.0205 e. The van der Waals surface area contributed by atoms with Crippen LogP contribution in [-0.2, 0) is 0 Å². The van der Waals surface area contributed by atoms with Gasteiger partial charge in [-0.15, -0.1) is 0 Å². The highest BCUT2D eigenvalue weighted by Crippen LogP contribution is 2.37. The number of hydrogen-bond acceptors (Lipinski definition) is 0. The molecule has 100 valence electrons. The number of rotatable bonds is 5. The summed E-state index contributed by atoms with van der Waals surface area (Å²) in [4.78, 5) is 0. The average Bonchev–Trinajstić information content (AvgIpc) is 2.26. The van der Waals surface area contributed by atoms with E-state index in [1.807, 2.05) is 0 Å². The molecule has 3 unspecified atom stereocenters. The summed E-state index contributed by atoms with van der Waals surface area (Å²) < 4.78 is 0. The van der Waals surface area contributed by atoms with E-state index < -0.39 is 0 Å². The lowest BCUT2D eigenvalue weighted by atomic mass is 9.73. The largest absolute Gasteiger partial charge is 0.0851 e. The Morgan fingerprint density at radius 1 is 1.12 bits per heavy atom. The molecule has 3 atom stereocenters. The van der Waals surface area contributed by atoms with E-state index in [0.717, 1.165) is 17.8 Å². The van der Waals surface area contributed by atoms with Gasteiger partial charge in [0, 0.05) is 0 Å². The molecule has 1 rings (SSSR count). The molecule has 0 aromatic heterocycles. The standard InChI is InChI=1S/C17H32/c1-6-8-14-9-11-16(12-10-14)15(7-2)13-17(3,4)5/h9,11,14-16H,6-8,10,12-13H2,1-5H3. The van der Waals surface area contributed by atoms with Gasteiger partial charge in [-0.1, -0.05) is 59.6 Å². The van der Waals surface area contributed by atoms with Gasteiger partial charge in [-0.05, 0) is 48.9 Å². The van der Waals surface area contributed by atoms with Gasteiger partial charge >= 0.3 is 0 Å². The zero-order valence-electron chi connectivity index (χ0n) is 12.6. The minimum absolute atomic E-state index is 0.481. The zero-order chi connectivity index (χ0) is 12.9. The highest BCUT2D eigenvalue weighted by molar-refractivity contribution is 5.00. The minimum atomic E-state index is 0.481. The van der Waals surface area contributed by atoms with Crippen molar-refractivity contribution in [3.63, 3.8) is 0 Å². The summed E-state index contributed by atoms with van der Waals surface area (Å²) in [6.45, 7) is 11.8. The van der Waals surface area contributed by atoms with Gasteiger partial charge in [-0.25, -0.2) is 0 Å². The second-order valence-corrected chi connectivity index (χ2v) is 7.11. The molecule has 0 aliphatic heterocycles. The first-order valence-corrected chi connectivity index (χ1v) is 7.64. The van der Waals surface area contributed by atoms with E-state index in [9.17, 15) is 0 Å². The van der Waals surface area contributed by atoms with Crippen molar-refractivity contribution in [1.29, 1.82) is 0 Å². The molecule has 0 spiro atoms. The second kappa shape index (κ2) is 6.61. The van der Waals surface area contributed by atoms with Crippen LogP contribution in [0.5, 0.6) is 0 Å². The van der Waals surface area contributed by atoms with Crippen LogP contribution in [-0.4, -0.2) is 0 Å². The number of hydrogen-bond donors (Lipinski definition) is 0. The fourth-order valence-electron chi connectivity index (χ4n) is 3.29. The quantitative estimate of drug-likeness (QED) is 0.527. The first-order chi connectivity index (χ1) is 7.96. The monoisotopic (exact) mass is 236 g/mol. The van der Waals surface area contributed by atoms with Crippen LogP contribution in [0.2, 0.25) is 0 Å². The molecule has 0 bridgehead atoms. The Bertz CT molecular complexity index is 231. The Hall–Kier alpha value is -0.260. The molecule has 0 nitrogen and oxygen atoms in total. The predicted octanol–water partition coefficient (Wildman–Crippen LogP) is 5.83. The van der Waals surface area contributed by atoms with E-state index in [1.54, 1.807) is 0 Å². The molecular weight excluding hydrogens is 204 g/mol. The third-order valence-electron chi connectivity index (χ3n) is 4.17. The highest BCUT2D eigenvalue weighted by atomic mass is 14.3. The van der Waals surface area contributed by atoms with Crippen LogP contribution in [0.1, 0.15) is 73.1 Å². The summed E-state index contributed by atoms with van der Waals surface area (Å²) in [5, 5.41) is 0. The summed E-state index contributed by atoms with van der Waals surface area (Å²) in [6.07, 6.45) is 13.3. The Morgan fingerprint density at radius 2 is 1.82 bits per heavy atom. The van der Waals surface area contributed by atoms with Gasteiger partial charge in [-0.2, -0.15) is 0 Å². The van der Waals surface area contributed by atoms with Gasteiger partial charge in [0.05, 0.1) is 0 Å². The number of allylic oxidation sites excluding steroid dienone is 2. The fourth-order valence-corrected chi connectivity index (χ4v) is 3.29. The predicted molar refractivity (Wildman–Crippen MR) is 78.1 cm³/mol. The van der Waals surface area contributed by atoms with E-state index >= 15 is 0 Å². The first kappa shape index (κ1) is 14.8. The minimum Gasteiger partial charge on any atom is -0.0851 e. The maximum absolute atomic E-state index is 2.55. The molecule has 0 N–H and O–H groups in total. The lowest BCUT2D eigenvalue weighted by molar-refractivity contribution is 0.223. The average molecular weight is 236 g/mol. The molecule has 0 radical (unpaired) electrons. The molecule has 0 saturated heterocycles. The van der Waals surface area contributed by atoms with Crippen LogP contribution in [0.4, 0.5) is 0 Å². The molecule has 0 amide bonds. The van der Waals surface area contributed by atoms with Crippen molar-refractivity contribution in [2.24, 2.45) is 23.2 Å². The second-order valence-electron chi connectivity index (χ2n) is 7.11. The van der Waals surface area contributed by atoms with Crippen LogP contribution in [0, 0.1) is 23.2 Å². The van der Waals surface area contributed by atoms with Gasteiger partial charge in [0.25, 0.3) is 0 Å². The van der Waals surface area contributed by atoms with E-state index in [-0.39, 0.29) is 0 Å². The van der Waals surface area contributed by atoms with Crippen molar-refractivity contribution in [1.82, 2.24) is 0 Å². The Morgan fingerprint density at radius 3 is 2.24 bits per heavy atom. The summed E-state index contributed by atoms with van der Waals surface area (Å²) in [7, 11) is 0. The van der Waals surface area contributed by atoms with Crippen molar-refractivity contribution >= 4 is 0 Å². The van der Waals surface area contributed by atoms with E-state index in [4.69, 9.17) is 0 Å². The molecule has 0 fully saturated rings. The topological polar surface area (TPSA) is 0 Å². The summed E-state index contributed by atoms with van der Waals surface area (Å²) in [5.41, 5.74) is 0.481. The summed E-state index contributed by atoms with van der Waals surface area (Å²) in [5.74, 6) is 2.63. The van der Waals surface area contributed by atoms with Crippen molar-refractivity contribution in [3.05, 3.63) is 12.2 Å². The SMILES string of the molecule is CCCC1C=CC(C(CC)CC(C)(C)C)CC1. The molecular formula is C17H32. The van der Waals surface area contributed by atoms with Gasteiger partial charge in [0.2, 0.25) is 0 Å². The maximum atomic E-state index is 2.55. The summed E-state index contributed by atoms with van der Waals surface area (Å²) >= 11 is 0. The van der Waals surface area contributed by atoms with Crippen molar-refractivity contribution in [2.45, 2.75) is 73.1 Å². The molecule has 0 saturated carbocycles. The van der Waals surface area contributed by atoms with Crippen molar-refractivity contribution in [2.75, 3.05) is 0 Å². The lowest BCUT2D eigenvalue weighted by Gasteiger charge is -2.33. The normalized spacial score (nSPS) is 27.1. The van der Waals surface area contributed by atoms with E-state index in [0.29, 0.717) is 5.41 Å². The Kier molecular flexibility index (Phi) is 5.76. The van der Waals surface area contributed by atoms with Crippen molar-refractivity contribution < 1.29 is 0 Å². The third-order valence-corrected chi connectivity index (χ3v) is 4.17. The maximum Gasteiger partial charge on any atom is -0.0205 e. The molecule has 17 heavy (non-hydrogen) atoms. The van der Waals surface area contributed by atoms with Crippen LogP contribution >= 0.6 is 0 Å². The van der Waals surface area contributed by atoms with E-state index in [1.165, 1.54) is 38.5 Å². The van der Waals surface area contributed by atoms with Gasteiger partial charge < -0.3 is 0 Å². The first-order valence-electron chi connectivity index (χ1n) is 7.64. The highest BCUT2D eigenvalue weighted by Gasteiger charge is 2.26. The Labute approximate surface area is 109 Å². The molecule has 1 aliphatic rings. The summed E-state index contributed by atoms with van der Waals surface area (Å²) in [6, 6.07) is 0.